The minimum Gasteiger partial charge on any atom is -0.461 e. The van der Waals surface area contributed by atoms with Gasteiger partial charge in [-0.3, -0.25) is 13.9 Å². The molecule has 3 atom stereocenters. The van der Waals surface area contributed by atoms with Crippen LogP contribution in [0.1, 0.15) is 37.7 Å². The maximum atomic E-state index is 12.9. The van der Waals surface area contributed by atoms with Gasteiger partial charge in [-0.2, -0.15) is 0 Å². The number of benzene rings is 1. The molecule has 2 fully saturated rings. The standard InChI is InChI=1S/C20H28ClNO4S/c21-17-7-5-16(6-8-17)15-27(24)19-4-2-1-3-18(19)26-20(23)9-10-22-11-13-25-14-12-22/h5-8,18-19H,1-4,9-15H2. The summed E-state index contributed by atoms with van der Waals surface area (Å²) in [5.41, 5.74) is 1.00. The van der Waals surface area contributed by atoms with Crippen LogP contribution in [0.3, 0.4) is 0 Å². The number of morpholine rings is 1. The van der Waals surface area contributed by atoms with Crippen LogP contribution in [0.4, 0.5) is 0 Å². The van der Waals surface area contributed by atoms with Crippen molar-refractivity contribution in [3.05, 3.63) is 34.9 Å². The van der Waals surface area contributed by atoms with Crippen LogP contribution in [0.5, 0.6) is 0 Å². The number of carbonyl (C=O) groups excluding carboxylic acids is 1. The number of halogens is 1. The minimum atomic E-state index is -1.07. The van der Waals surface area contributed by atoms with E-state index in [0.29, 0.717) is 23.7 Å². The monoisotopic (exact) mass is 413 g/mol. The molecule has 0 spiro atoms. The van der Waals surface area contributed by atoms with E-state index in [9.17, 15) is 9.00 Å². The summed E-state index contributed by atoms with van der Waals surface area (Å²) in [4.78, 5) is 14.5. The van der Waals surface area contributed by atoms with Crippen LogP contribution in [0.2, 0.25) is 5.02 Å². The molecule has 0 N–H and O–H groups in total. The molecule has 1 aromatic rings. The largest absolute Gasteiger partial charge is 0.461 e. The number of rotatable bonds is 7. The van der Waals surface area contributed by atoms with Crippen molar-refractivity contribution in [1.29, 1.82) is 0 Å². The molecule has 1 aliphatic carbocycles. The zero-order valence-corrected chi connectivity index (χ0v) is 17.2. The molecule has 27 heavy (non-hydrogen) atoms. The van der Waals surface area contributed by atoms with Gasteiger partial charge in [-0.25, -0.2) is 0 Å². The van der Waals surface area contributed by atoms with Gasteiger partial charge in [0.15, 0.2) is 0 Å². The lowest BCUT2D eigenvalue weighted by Gasteiger charge is -2.31. The molecule has 0 bridgehead atoms. The van der Waals surface area contributed by atoms with Gasteiger partial charge in [0.2, 0.25) is 0 Å². The summed E-state index contributed by atoms with van der Waals surface area (Å²) >= 11 is 5.92. The third kappa shape index (κ3) is 6.56. The SMILES string of the molecule is O=C(CCN1CCOCC1)OC1CCCCC1S(=O)Cc1ccc(Cl)cc1. The maximum absolute atomic E-state index is 12.9. The van der Waals surface area contributed by atoms with E-state index in [1.165, 1.54) is 0 Å². The third-order valence-electron chi connectivity index (χ3n) is 5.22. The molecule has 1 saturated carbocycles. The first-order chi connectivity index (χ1) is 13.1. The van der Waals surface area contributed by atoms with Crippen molar-refractivity contribution in [2.24, 2.45) is 0 Å². The van der Waals surface area contributed by atoms with Gasteiger partial charge in [-0.05, 0) is 37.0 Å². The summed E-state index contributed by atoms with van der Waals surface area (Å²) in [6, 6.07) is 7.45. The van der Waals surface area contributed by atoms with Crippen LogP contribution >= 0.6 is 11.6 Å². The van der Waals surface area contributed by atoms with E-state index in [1.54, 1.807) is 0 Å². The van der Waals surface area contributed by atoms with Crippen LogP contribution < -0.4 is 0 Å². The summed E-state index contributed by atoms with van der Waals surface area (Å²) in [7, 11) is -1.07. The van der Waals surface area contributed by atoms with Gasteiger partial charge in [0, 0.05) is 41.2 Å². The van der Waals surface area contributed by atoms with Crippen LogP contribution in [-0.2, 0) is 30.8 Å². The summed E-state index contributed by atoms with van der Waals surface area (Å²) < 4.78 is 24.0. The molecule has 0 aromatic heterocycles. The lowest BCUT2D eigenvalue weighted by molar-refractivity contribution is -0.150. The molecule has 3 unspecified atom stereocenters. The second-order valence-electron chi connectivity index (χ2n) is 7.21. The normalized spacial score (nSPS) is 25.1. The van der Waals surface area contributed by atoms with Crippen molar-refractivity contribution in [2.75, 3.05) is 32.8 Å². The van der Waals surface area contributed by atoms with Crippen molar-refractivity contribution in [1.82, 2.24) is 4.90 Å². The molecular weight excluding hydrogens is 386 g/mol. The van der Waals surface area contributed by atoms with Gasteiger partial charge >= 0.3 is 5.97 Å². The number of hydrogen-bond acceptors (Lipinski definition) is 5. The fourth-order valence-corrected chi connectivity index (χ4v) is 5.47. The Kier molecular flexibility index (Phi) is 8.12. The van der Waals surface area contributed by atoms with E-state index in [1.807, 2.05) is 24.3 Å². The van der Waals surface area contributed by atoms with E-state index in [2.05, 4.69) is 4.90 Å². The lowest BCUT2D eigenvalue weighted by Crippen LogP contribution is -2.40. The molecule has 5 nitrogen and oxygen atoms in total. The van der Waals surface area contributed by atoms with Crippen molar-refractivity contribution in [3.8, 4) is 0 Å². The molecule has 0 amide bonds. The Labute approximate surface area is 168 Å². The molecule has 1 saturated heterocycles. The fourth-order valence-electron chi connectivity index (χ4n) is 3.65. The van der Waals surface area contributed by atoms with Crippen molar-refractivity contribution in [3.63, 3.8) is 0 Å². The highest BCUT2D eigenvalue weighted by Gasteiger charge is 2.32. The number of nitrogens with zero attached hydrogens (tertiary/aromatic N) is 1. The Morgan fingerprint density at radius 3 is 2.63 bits per heavy atom. The zero-order valence-electron chi connectivity index (χ0n) is 15.6. The van der Waals surface area contributed by atoms with Gasteiger partial charge in [-0.15, -0.1) is 0 Å². The molecule has 7 heteroatoms. The molecular formula is C20H28ClNO4S. The number of carbonyl (C=O) groups is 1. The van der Waals surface area contributed by atoms with E-state index in [0.717, 1.165) is 57.6 Å². The second kappa shape index (κ2) is 10.6. The lowest BCUT2D eigenvalue weighted by atomic mass is 9.97. The average Bonchev–Trinajstić information content (AvgIpc) is 2.69. The van der Waals surface area contributed by atoms with Crippen LogP contribution in [0.25, 0.3) is 0 Å². The fraction of sp³-hybridized carbons (Fsp3) is 0.650. The van der Waals surface area contributed by atoms with Gasteiger partial charge in [0.1, 0.15) is 6.10 Å². The van der Waals surface area contributed by atoms with Crippen molar-refractivity contribution in [2.45, 2.75) is 49.2 Å². The molecule has 3 rings (SSSR count). The molecule has 1 aromatic carbocycles. The molecule has 0 radical (unpaired) electrons. The van der Waals surface area contributed by atoms with Crippen LogP contribution in [0.15, 0.2) is 24.3 Å². The molecule has 150 valence electrons. The predicted molar refractivity (Wildman–Crippen MR) is 107 cm³/mol. The third-order valence-corrected chi connectivity index (χ3v) is 7.30. The quantitative estimate of drug-likeness (QED) is 0.642. The Hall–Kier alpha value is -0.950. The topological polar surface area (TPSA) is 55.8 Å². The second-order valence-corrected chi connectivity index (χ2v) is 9.30. The van der Waals surface area contributed by atoms with E-state index in [-0.39, 0.29) is 17.3 Å². The highest BCUT2D eigenvalue weighted by molar-refractivity contribution is 7.84. The van der Waals surface area contributed by atoms with Crippen LogP contribution in [0, 0.1) is 0 Å². The van der Waals surface area contributed by atoms with Crippen LogP contribution in [-0.4, -0.2) is 59.3 Å². The predicted octanol–water partition coefficient (Wildman–Crippen LogP) is 3.17. The Balaban J connectivity index is 1.50. The molecule has 1 aliphatic heterocycles. The summed E-state index contributed by atoms with van der Waals surface area (Å²) in [6.45, 7) is 3.88. The molecule has 1 heterocycles. The first kappa shape index (κ1) is 20.8. The summed E-state index contributed by atoms with van der Waals surface area (Å²) in [5.74, 6) is 0.297. The highest BCUT2D eigenvalue weighted by atomic mass is 35.5. The average molecular weight is 414 g/mol. The minimum absolute atomic E-state index is 0.0817. The highest BCUT2D eigenvalue weighted by Crippen LogP contribution is 2.27. The van der Waals surface area contributed by atoms with Gasteiger partial charge in [0.25, 0.3) is 0 Å². The first-order valence-corrected chi connectivity index (χ1v) is 11.5. The van der Waals surface area contributed by atoms with E-state index >= 15 is 0 Å². The van der Waals surface area contributed by atoms with Gasteiger partial charge in [-0.1, -0.05) is 30.2 Å². The van der Waals surface area contributed by atoms with E-state index in [4.69, 9.17) is 21.1 Å². The summed E-state index contributed by atoms with van der Waals surface area (Å²) in [6.07, 6.45) is 3.87. The zero-order chi connectivity index (χ0) is 19.1. The Bertz CT molecular complexity index is 633. The van der Waals surface area contributed by atoms with E-state index < -0.39 is 10.8 Å². The first-order valence-electron chi connectivity index (χ1n) is 9.73. The smallest absolute Gasteiger partial charge is 0.307 e. The Morgan fingerprint density at radius 2 is 1.89 bits per heavy atom. The number of ether oxygens (including phenoxy) is 2. The molecule has 2 aliphatic rings. The van der Waals surface area contributed by atoms with Crippen molar-refractivity contribution < 1.29 is 18.5 Å². The summed E-state index contributed by atoms with van der Waals surface area (Å²) in [5, 5.41) is 0.594. The maximum Gasteiger partial charge on any atom is 0.307 e. The Morgan fingerprint density at radius 1 is 1.19 bits per heavy atom. The van der Waals surface area contributed by atoms with Crippen molar-refractivity contribution >= 4 is 28.4 Å². The number of hydrogen-bond donors (Lipinski definition) is 0. The van der Waals surface area contributed by atoms with Gasteiger partial charge < -0.3 is 9.47 Å². The van der Waals surface area contributed by atoms with Gasteiger partial charge in [0.05, 0.1) is 24.9 Å². The number of esters is 1.